The van der Waals surface area contributed by atoms with Gasteiger partial charge in [0.05, 0.1) is 0 Å². The van der Waals surface area contributed by atoms with Crippen molar-refractivity contribution in [3.05, 3.63) is 64.2 Å². The van der Waals surface area contributed by atoms with Gasteiger partial charge in [0, 0.05) is 17.5 Å². The van der Waals surface area contributed by atoms with Gasteiger partial charge >= 0.3 is 0 Å². The van der Waals surface area contributed by atoms with Crippen molar-refractivity contribution in [3.8, 4) is 0 Å². The highest BCUT2D eigenvalue weighted by Crippen LogP contribution is 2.22. The fourth-order valence-corrected chi connectivity index (χ4v) is 2.48. The highest BCUT2D eigenvalue weighted by Gasteiger charge is 2.06. The first-order chi connectivity index (χ1) is 10.4. The zero-order valence-electron chi connectivity index (χ0n) is 13.5. The second-order valence-corrected chi connectivity index (χ2v) is 5.71. The molecule has 0 aliphatic rings. The van der Waals surface area contributed by atoms with E-state index in [0.29, 0.717) is 0 Å². The molecule has 0 aliphatic heterocycles. The highest BCUT2D eigenvalue weighted by molar-refractivity contribution is 6.02. The van der Waals surface area contributed by atoms with Crippen molar-refractivity contribution in [2.24, 2.45) is 0 Å². The Morgan fingerprint density at radius 1 is 1.00 bits per heavy atom. The molecule has 2 aromatic carbocycles. The number of carbonyl (C=O) groups excluding carboxylic acids is 1. The molecule has 22 heavy (non-hydrogen) atoms. The van der Waals surface area contributed by atoms with Crippen molar-refractivity contribution in [1.29, 1.82) is 0 Å². The van der Waals surface area contributed by atoms with Crippen molar-refractivity contribution in [2.75, 3.05) is 11.1 Å². The first-order valence-electron chi connectivity index (χ1n) is 7.30. The standard InChI is InChI=1S/C19H22N2O/c1-12-9-14(3)19(15(4)10-12)21-18(22)8-7-16-6-5-13(2)17(20)11-16/h5-11H,20H2,1-4H3,(H,21,22)/b8-7+. The minimum absolute atomic E-state index is 0.144. The minimum Gasteiger partial charge on any atom is -0.398 e. The lowest BCUT2D eigenvalue weighted by atomic mass is 10.1. The summed E-state index contributed by atoms with van der Waals surface area (Å²) in [7, 11) is 0. The smallest absolute Gasteiger partial charge is 0.248 e. The SMILES string of the molecule is Cc1cc(C)c(NC(=O)/C=C/c2ccc(C)c(N)c2)c(C)c1. The Morgan fingerprint density at radius 2 is 1.64 bits per heavy atom. The summed E-state index contributed by atoms with van der Waals surface area (Å²) >= 11 is 0. The van der Waals surface area contributed by atoms with Gasteiger partial charge in [0.1, 0.15) is 0 Å². The number of aryl methyl sites for hydroxylation is 4. The number of anilines is 2. The molecular weight excluding hydrogens is 272 g/mol. The maximum atomic E-state index is 12.1. The van der Waals surface area contributed by atoms with Crippen LogP contribution in [0.15, 0.2) is 36.4 Å². The van der Waals surface area contributed by atoms with Gasteiger partial charge in [-0.3, -0.25) is 4.79 Å². The quantitative estimate of drug-likeness (QED) is 0.660. The number of nitrogen functional groups attached to an aromatic ring is 1. The molecule has 3 heteroatoms. The average Bonchev–Trinajstić information content (AvgIpc) is 2.44. The Morgan fingerprint density at radius 3 is 2.23 bits per heavy atom. The molecule has 0 bridgehead atoms. The van der Waals surface area contributed by atoms with Crippen LogP contribution in [0.3, 0.4) is 0 Å². The molecule has 0 aliphatic carbocycles. The Balaban J connectivity index is 2.13. The maximum absolute atomic E-state index is 12.1. The molecule has 3 N–H and O–H groups in total. The van der Waals surface area contributed by atoms with E-state index >= 15 is 0 Å². The summed E-state index contributed by atoms with van der Waals surface area (Å²) in [6.45, 7) is 8.01. The third kappa shape index (κ3) is 3.76. The molecule has 2 rings (SSSR count). The first-order valence-corrected chi connectivity index (χ1v) is 7.30. The number of benzene rings is 2. The lowest BCUT2D eigenvalue weighted by molar-refractivity contribution is -0.111. The predicted octanol–water partition coefficient (Wildman–Crippen LogP) is 4.15. The van der Waals surface area contributed by atoms with Crippen molar-refractivity contribution >= 4 is 23.4 Å². The summed E-state index contributed by atoms with van der Waals surface area (Å²) in [6, 6.07) is 9.88. The largest absolute Gasteiger partial charge is 0.398 e. The second kappa shape index (κ2) is 6.48. The first kappa shape index (κ1) is 15.8. The molecule has 0 unspecified atom stereocenters. The van der Waals surface area contributed by atoms with Gasteiger partial charge in [-0.15, -0.1) is 0 Å². The van der Waals surface area contributed by atoms with Gasteiger partial charge in [0.15, 0.2) is 0 Å². The monoisotopic (exact) mass is 294 g/mol. The average molecular weight is 294 g/mol. The molecule has 0 saturated heterocycles. The van der Waals surface area contributed by atoms with E-state index in [-0.39, 0.29) is 5.91 Å². The number of hydrogen-bond acceptors (Lipinski definition) is 2. The predicted molar refractivity (Wildman–Crippen MR) is 93.9 cm³/mol. The normalized spacial score (nSPS) is 10.9. The van der Waals surface area contributed by atoms with Crippen LogP contribution >= 0.6 is 0 Å². The van der Waals surface area contributed by atoms with Gasteiger partial charge in [-0.1, -0.05) is 29.8 Å². The van der Waals surface area contributed by atoms with Crippen molar-refractivity contribution in [2.45, 2.75) is 27.7 Å². The number of rotatable bonds is 3. The third-order valence-corrected chi connectivity index (χ3v) is 3.66. The topological polar surface area (TPSA) is 55.1 Å². The Labute approximate surface area is 131 Å². The molecule has 114 valence electrons. The number of carbonyl (C=O) groups is 1. The lowest BCUT2D eigenvalue weighted by Crippen LogP contribution is -2.10. The molecule has 0 spiro atoms. The molecule has 1 amide bonds. The number of amides is 1. The van der Waals surface area contributed by atoms with Crippen molar-refractivity contribution in [3.63, 3.8) is 0 Å². The van der Waals surface area contributed by atoms with Crippen LogP contribution in [0, 0.1) is 27.7 Å². The molecule has 0 heterocycles. The van der Waals surface area contributed by atoms with Gasteiger partial charge in [-0.2, -0.15) is 0 Å². The molecule has 0 fully saturated rings. The summed E-state index contributed by atoms with van der Waals surface area (Å²) in [5, 5.41) is 2.94. The highest BCUT2D eigenvalue weighted by atomic mass is 16.1. The van der Waals surface area contributed by atoms with Gasteiger partial charge in [-0.25, -0.2) is 0 Å². The van der Waals surface area contributed by atoms with E-state index in [1.165, 1.54) is 11.6 Å². The fraction of sp³-hybridized carbons (Fsp3) is 0.211. The Hall–Kier alpha value is -2.55. The van der Waals surface area contributed by atoms with E-state index in [9.17, 15) is 4.79 Å². The van der Waals surface area contributed by atoms with E-state index in [4.69, 9.17) is 5.73 Å². The second-order valence-electron chi connectivity index (χ2n) is 5.71. The lowest BCUT2D eigenvalue weighted by Gasteiger charge is -2.11. The van der Waals surface area contributed by atoms with Crippen LogP contribution in [0.5, 0.6) is 0 Å². The fourth-order valence-electron chi connectivity index (χ4n) is 2.48. The molecule has 0 saturated carbocycles. The molecule has 0 aromatic heterocycles. The van der Waals surface area contributed by atoms with Crippen LogP contribution in [0.1, 0.15) is 27.8 Å². The van der Waals surface area contributed by atoms with E-state index in [2.05, 4.69) is 17.4 Å². The van der Waals surface area contributed by atoms with E-state index in [1.807, 2.05) is 45.9 Å². The summed E-state index contributed by atoms with van der Waals surface area (Å²) in [4.78, 5) is 12.1. The third-order valence-electron chi connectivity index (χ3n) is 3.66. The van der Waals surface area contributed by atoms with Gasteiger partial charge in [0.25, 0.3) is 0 Å². The van der Waals surface area contributed by atoms with Crippen LogP contribution in [0.4, 0.5) is 11.4 Å². The van der Waals surface area contributed by atoms with Crippen LogP contribution < -0.4 is 11.1 Å². The van der Waals surface area contributed by atoms with E-state index in [0.717, 1.165) is 33.6 Å². The van der Waals surface area contributed by atoms with Gasteiger partial charge in [0.2, 0.25) is 5.91 Å². The molecule has 0 atom stereocenters. The Bertz CT molecular complexity index is 722. The summed E-state index contributed by atoms with van der Waals surface area (Å²) < 4.78 is 0. The summed E-state index contributed by atoms with van der Waals surface area (Å²) in [6.07, 6.45) is 3.30. The van der Waals surface area contributed by atoms with Crippen molar-refractivity contribution < 1.29 is 4.79 Å². The van der Waals surface area contributed by atoms with Crippen LogP contribution in [-0.4, -0.2) is 5.91 Å². The van der Waals surface area contributed by atoms with Gasteiger partial charge in [-0.05, 0) is 62.1 Å². The molecular formula is C19H22N2O. The zero-order chi connectivity index (χ0) is 16.3. The zero-order valence-corrected chi connectivity index (χ0v) is 13.5. The Kier molecular flexibility index (Phi) is 4.66. The summed E-state index contributed by atoms with van der Waals surface area (Å²) in [5.41, 5.74) is 12.8. The van der Waals surface area contributed by atoms with E-state index in [1.54, 1.807) is 6.08 Å². The molecule has 3 nitrogen and oxygen atoms in total. The minimum atomic E-state index is -0.144. The van der Waals surface area contributed by atoms with Crippen LogP contribution in [-0.2, 0) is 4.79 Å². The van der Waals surface area contributed by atoms with Crippen molar-refractivity contribution in [1.82, 2.24) is 0 Å². The molecule has 2 aromatic rings. The van der Waals surface area contributed by atoms with E-state index < -0.39 is 0 Å². The molecule has 0 radical (unpaired) electrons. The number of hydrogen-bond donors (Lipinski definition) is 2. The summed E-state index contributed by atoms with van der Waals surface area (Å²) in [5.74, 6) is -0.144. The maximum Gasteiger partial charge on any atom is 0.248 e. The number of nitrogens with one attached hydrogen (secondary N) is 1. The van der Waals surface area contributed by atoms with Gasteiger partial charge < -0.3 is 11.1 Å². The number of nitrogens with two attached hydrogens (primary N) is 1. The van der Waals surface area contributed by atoms with Crippen LogP contribution in [0.2, 0.25) is 0 Å². The van der Waals surface area contributed by atoms with Crippen LogP contribution in [0.25, 0.3) is 6.08 Å².